The Kier molecular flexibility index (Phi) is 9.68. The molecule has 0 spiro atoms. The Labute approximate surface area is 227 Å². The van der Waals surface area contributed by atoms with Crippen LogP contribution in [-0.4, -0.2) is 66.7 Å². The van der Waals surface area contributed by atoms with Crippen LogP contribution < -0.4 is 0 Å². The highest BCUT2D eigenvalue weighted by Crippen LogP contribution is 2.67. The van der Waals surface area contributed by atoms with Crippen LogP contribution in [0.25, 0.3) is 0 Å². The first-order valence-electron chi connectivity index (χ1n) is 9.11. The van der Waals surface area contributed by atoms with E-state index in [-0.39, 0.29) is 6.07 Å². The molecule has 0 aliphatic rings. The van der Waals surface area contributed by atoms with E-state index < -0.39 is 96.5 Å². The van der Waals surface area contributed by atoms with Gasteiger partial charge in [-0.3, -0.25) is 0 Å². The first-order valence-corrected chi connectivity index (χ1v) is 11.4. The number of halogens is 22. The molecule has 0 heterocycles. The van der Waals surface area contributed by atoms with Crippen LogP contribution in [0.3, 0.4) is 0 Å². The molecule has 1 aromatic carbocycles. The molecule has 1 aromatic rings. The minimum Gasteiger partial charge on any atom is -0.301 e. The number of alkyl halides is 20. The number of hydrogen-bond acceptors (Lipinski definition) is 2. The third-order valence-electron chi connectivity index (χ3n) is 4.86. The molecule has 246 valence electrons. The lowest BCUT2D eigenvalue weighted by Crippen LogP contribution is -2.77. The molecule has 1 rings (SSSR count). The summed E-state index contributed by atoms with van der Waals surface area (Å²) in [6.07, 6.45) is 0. The molecule has 1 unspecified atom stereocenters. The molecule has 0 aromatic heterocycles. The Balaban J connectivity index is 3.82. The van der Waals surface area contributed by atoms with Crippen LogP contribution in [0.4, 0.5) is 92.2 Å². The number of benzene rings is 1. The highest BCUT2D eigenvalue weighted by Gasteiger charge is 2.98. The van der Waals surface area contributed by atoms with E-state index in [1.165, 1.54) is 0 Å². The first-order chi connectivity index (χ1) is 18.1. The largest absolute Gasteiger partial charge is 0.413 e. The Hall–Kier alpha value is -1.50. The van der Waals surface area contributed by atoms with Crippen molar-refractivity contribution in [3.8, 4) is 0 Å². The summed E-state index contributed by atoms with van der Waals surface area (Å²) in [6.45, 7) is 0. The summed E-state index contributed by atoms with van der Waals surface area (Å²) in [7, 11) is 0. The molecule has 0 aliphatic carbocycles. The molecule has 42 heavy (non-hydrogen) atoms. The van der Waals surface area contributed by atoms with Gasteiger partial charge in [0.05, 0.1) is 9.92 Å². The van der Waals surface area contributed by atoms with Gasteiger partial charge in [0.15, 0.2) is 0 Å². The first kappa shape index (κ1) is 38.5. The van der Waals surface area contributed by atoms with Gasteiger partial charge in [-0.25, -0.2) is 8.60 Å². The maximum Gasteiger partial charge on any atom is 0.413 e. The zero-order chi connectivity index (χ0) is 34.1. The lowest BCUT2D eigenvalue weighted by atomic mass is 9.87. The third-order valence-corrected chi connectivity index (χ3v) is 7.11. The van der Waals surface area contributed by atoms with Crippen molar-refractivity contribution in [1.29, 1.82) is 0 Å². The fourth-order valence-corrected chi connectivity index (χ4v) is 3.90. The standard InChI is InChI=1S/C16H4ClF21O2S2/c17-4-2-1-3-5(18)6(4)41-15(35,36)13(31,32)11(27,28)9(23,24)7(19,20)8(21,22)10(25,26)12(29,30)14(33,34)16(37,38)42(39)40/h1-3H,(H,39,40). The Bertz CT molecular complexity index is 1180. The van der Waals surface area contributed by atoms with E-state index in [1.54, 1.807) is 0 Å². The van der Waals surface area contributed by atoms with Crippen molar-refractivity contribution in [1.82, 2.24) is 0 Å². The minimum absolute atomic E-state index is 0.0811. The van der Waals surface area contributed by atoms with Crippen LogP contribution in [0.5, 0.6) is 0 Å². The van der Waals surface area contributed by atoms with Crippen LogP contribution in [0, 0.1) is 5.82 Å². The lowest BCUT2D eigenvalue weighted by molar-refractivity contribution is -0.463. The molecule has 0 fully saturated rings. The quantitative estimate of drug-likeness (QED) is 0.133. The SMILES string of the molecule is O=S(O)C(F)(F)C(F)(F)C(F)(F)C(F)(F)C(F)(F)C(F)(F)C(F)(F)C(F)(F)C(F)(F)C(F)(F)Sc1c(F)cccc1Cl. The molecule has 26 heteroatoms. The maximum absolute atomic E-state index is 14.0. The van der Waals surface area contributed by atoms with Gasteiger partial charge in [0.1, 0.15) is 5.82 Å². The Morgan fingerprint density at radius 2 is 0.881 bits per heavy atom. The normalized spacial score (nSPS) is 16.5. The van der Waals surface area contributed by atoms with Gasteiger partial charge >= 0.3 is 57.9 Å². The van der Waals surface area contributed by atoms with Gasteiger partial charge in [-0.05, 0) is 23.9 Å². The van der Waals surface area contributed by atoms with Crippen molar-refractivity contribution in [2.75, 3.05) is 0 Å². The molecule has 1 atom stereocenters. The molecular formula is C16H4ClF21O2S2. The summed E-state index contributed by atoms with van der Waals surface area (Å²) < 4.78 is 305. The molecule has 0 saturated heterocycles. The Morgan fingerprint density at radius 3 is 1.19 bits per heavy atom. The molecular weight excluding hydrogens is 723 g/mol. The van der Waals surface area contributed by atoms with Crippen molar-refractivity contribution in [3.05, 3.63) is 29.0 Å². The van der Waals surface area contributed by atoms with Crippen molar-refractivity contribution in [2.24, 2.45) is 0 Å². The lowest BCUT2D eigenvalue weighted by Gasteiger charge is -2.44. The molecule has 2 nitrogen and oxygen atoms in total. The fourth-order valence-electron chi connectivity index (χ4n) is 2.43. The molecule has 0 bridgehead atoms. The number of rotatable bonds is 12. The summed E-state index contributed by atoms with van der Waals surface area (Å²) >= 11 is -2.91. The molecule has 0 radical (unpaired) electrons. The summed E-state index contributed by atoms with van der Waals surface area (Å²) in [4.78, 5) is -2.02. The van der Waals surface area contributed by atoms with Gasteiger partial charge in [-0.15, -0.1) is 0 Å². The average molecular weight is 727 g/mol. The fraction of sp³-hybridized carbons (Fsp3) is 0.625. The van der Waals surface area contributed by atoms with Gasteiger partial charge < -0.3 is 4.55 Å². The second-order valence-corrected chi connectivity index (χ2v) is 10.1. The van der Waals surface area contributed by atoms with Gasteiger partial charge in [0.25, 0.3) is 0 Å². The van der Waals surface area contributed by atoms with Gasteiger partial charge in [0.2, 0.25) is 11.1 Å². The second-order valence-electron chi connectivity index (χ2n) is 7.53. The van der Waals surface area contributed by atoms with Crippen LogP contribution in [0.1, 0.15) is 0 Å². The van der Waals surface area contributed by atoms with Gasteiger partial charge in [-0.2, -0.15) is 87.8 Å². The van der Waals surface area contributed by atoms with Gasteiger partial charge in [-0.1, -0.05) is 17.7 Å². The minimum atomic E-state index is -9.28. The van der Waals surface area contributed by atoms with Crippen LogP contribution in [0.15, 0.2) is 23.1 Å². The molecule has 0 saturated carbocycles. The molecule has 0 aliphatic heterocycles. The van der Waals surface area contributed by atoms with Crippen LogP contribution in [-0.2, 0) is 11.1 Å². The number of thioether (sulfide) groups is 1. The molecule has 1 N–H and O–H groups in total. The smallest absolute Gasteiger partial charge is 0.301 e. The van der Waals surface area contributed by atoms with Crippen LogP contribution >= 0.6 is 23.4 Å². The Morgan fingerprint density at radius 1 is 0.571 bits per heavy atom. The van der Waals surface area contributed by atoms with Crippen molar-refractivity contribution in [2.45, 2.75) is 62.8 Å². The molecule has 0 amide bonds. The third kappa shape index (κ3) is 4.96. The second kappa shape index (κ2) is 10.5. The van der Waals surface area contributed by atoms with E-state index in [0.29, 0.717) is 12.1 Å². The zero-order valence-corrected chi connectivity index (χ0v) is 20.6. The summed E-state index contributed by atoms with van der Waals surface area (Å²) in [5.74, 6) is -73.3. The predicted octanol–water partition coefficient (Wildman–Crippen LogP) is 9.06. The average Bonchev–Trinajstić information content (AvgIpc) is 2.80. The van der Waals surface area contributed by atoms with E-state index in [1.807, 2.05) is 0 Å². The predicted molar refractivity (Wildman–Crippen MR) is 97.5 cm³/mol. The number of hydrogen-bond donors (Lipinski definition) is 1. The van der Waals surface area contributed by atoms with E-state index in [4.69, 9.17) is 16.2 Å². The van der Waals surface area contributed by atoms with Gasteiger partial charge in [0, 0.05) is 0 Å². The summed E-state index contributed by atoms with van der Waals surface area (Å²) in [6, 6.07) is 0.977. The zero-order valence-electron chi connectivity index (χ0n) is 18.2. The van der Waals surface area contributed by atoms with E-state index in [0.717, 1.165) is 0 Å². The monoisotopic (exact) mass is 726 g/mol. The van der Waals surface area contributed by atoms with Crippen molar-refractivity contribution < 1.29 is 101 Å². The highest BCUT2D eigenvalue weighted by molar-refractivity contribution is 8.00. The summed E-state index contributed by atoms with van der Waals surface area (Å²) in [5, 5.41) is -16.0. The van der Waals surface area contributed by atoms with E-state index in [2.05, 4.69) is 0 Å². The highest BCUT2D eigenvalue weighted by atomic mass is 35.5. The van der Waals surface area contributed by atoms with E-state index in [9.17, 15) is 96.4 Å². The van der Waals surface area contributed by atoms with Crippen molar-refractivity contribution in [3.63, 3.8) is 0 Å². The summed E-state index contributed by atoms with van der Waals surface area (Å²) in [5.41, 5.74) is 0. The van der Waals surface area contributed by atoms with Crippen LogP contribution in [0.2, 0.25) is 5.02 Å². The maximum atomic E-state index is 14.0. The van der Waals surface area contributed by atoms with E-state index >= 15 is 0 Å². The van der Waals surface area contributed by atoms with Crippen molar-refractivity contribution >= 4 is 34.4 Å². The topological polar surface area (TPSA) is 37.3 Å².